The van der Waals surface area contributed by atoms with E-state index in [4.69, 9.17) is 4.74 Å². The molecule has 9 nitrogen and oxygen atoms in total. The third-order valence-corrected chi connectivity index (χ3v) is 5.69. The first-order chi connectivity index (χ1) is 15.6. The summed E-state index contributed by atoms with van der Waals surface area (Å²) < 4.78 is 5.29. The molecule has 0 aliphatic carbocycles. The number of alkyl carbamates (subject to hydrolysis) is 1. The molecule has 174 valence electrons. The van der Waals surface area contributed by atoms with Gasteiger partial charge in [0.05, 0.1) is 5.69 Å². The first-order valence-corrected chi connectivity index (χ1v) is 11.8. The molecule has 3 rings (SSSR count). The van der Waals surface area contributed by atoms with Crippen molar-refractivity contribution in [2.75, 3.05) is 19.3 Å². The number of aromatic amines is 1. The van der Waals surface area contributed by atoms with Crippen molar-refractivity contribution < 1.29 is 14.3 Å². The van der Waals surface area contributed by atoms with Crippen molar-refractivity contribution in [1.29, 1.82) is 5.26 Å². The number of rotatable bonds is 4. The molecule has 0 saturated carbocycles. The first-order valence-electron chi connectivity index (χ1n) is 10.6. The van der Waals surface area contributed by atoms with Crippen LogP contribution in [0, 0.1) is 11.3 Å². The van der Waals surface area contributed by atoms with Crippen LogP contribution in [0.5, 0.6) is 0 Å². The molecule has 2 aromatic rings. The molecule has 33 heavy (non-hydrogen) atoms. The Hall–Kier alpha value is -3.32. The number of hydrogen-bond donors (Lipinski definition) is 2. The Morgan fingerprint density at radius 1 is 1.24 bits per heavy atom. The number of nitriles is 1. The Balaban J connectivity index is 1.65. The highest BCUT2D eigenvalue weighted by atomic mass is 32.2. The molecule has 1 aromatic carbocycles. The van der Waals surface area contributed by atoms with E-state index in [0.717, 1.165) is 0 Å². The van der Waals surface area contributed by atoms with E-state index in [1.54, 1.807) is 35.4 Å². The average Bonchev–Trinajstić information content (AvgIpc) is 2.77. The highest BCUT2D eigenvalue weighted by molar-refractivity contribution is 7.98. The van der Waals surface area contributed by atoms with Crippen LogP contribution < -0.4 is 10.9 Å². The van der Waals surface area contributed by atoms with Crippen molar-refractivity contribution in [3.05, 3.63) is 45.7 Å². The quantitative estimate of drug-likeness (QED) is 0.520. The molecule has 0 spiro atoms. The number of thioether (sulfide) groups is 1. The number of nitrogens with zero attached hydrogens (tertiary/aromatic N) is 3. The third kappa shape index (κ3) is 6.14. The molecular formula is C23H27N5O4S. The minimum atomic E-state index is -0.555. The van der Waals surface area contributed by atoms with Gasteiger partial charge in [0, 0.05) is 30.3 Å². The van der Waals surface area contributed by atoms with E-state index in [0.29, 0.717) is 47.9 Å². The summed E-state index contributed by atoms with van der Waals surface area (Å²) in [7, 11) is 0. The van der Waals surface area contributed by atoms with Crippen LogP contribution in [0.1, 0.15) is 49.5 Å². The van der Waals surface area contributed by atoms with Gasteiger partial charge >= 0.3 is 6.09 Å². The molecule has 0 unspecified atom stereocenters. The summed E-state index contributed by atoms with van der Waals surface area (Å²) in [5.74, 6) is -0.110. The van der Waals surface area contributed by atoms with Crippen molar-refractivity contribution in [2.24, 2.45) is 0 Å². The second-order valence-corrected chi connectivity index (χ2v) is 9.50. The minimum Gasteiger partial charge on any atom is -0.444 e. The SMILES string of the molecule is CSc1nc(-c2ccc(C(=O)N3CCC(NC(=O)OC(C)(C)C)CC3)cc2)c(C#N)c(=O)[nH]1. The van der Waals surface area contributed by atoms with Crippen molar-refractivity contribution in [3.8, 4) is 17.3 Å². The molecule has 10 heteroatoms. The maximum absolute atomic E-state index is 12.9. The van der Waals surface area contributed by atoms with Gasteiger partial charge in [0.15, 0.2) is 5.16 Å². The lowest BCUT2D eigenvalue weighted by Crippen LogP contribution is -2.47. The van der Waals surface area contributed by atoms with Gasteiger partial charge in [-0.1, -0.05) is 23.9 Å². The number of carbonyl (C=O) groups excluding carboxylic acids is 2. The summed E-state index contributed by atoms with van der Waals surface area (Å²) >= 11 is 1.27. The van der Waals surface area contributed by atoms with Gasteiger partial charge in [0.2, 0.25) is 0 Å². The lowest BCUT2D eigenvalue weighted by Gasteiger charge is -2.33. The van der Waals surface area contributed by atoms with E-state index in [-0.39, 0.29) is 17.5 Å². The van der Waals surface area contributed by atoms with Gasteiger partial charge in [-0.3, -0.25) is 9.59 Å². The highest BCUT2D eigenvalue weighted by Crippen LogP contribution is 2.23. The normalized spacial score (nSPS) is 14.5. The zero-order chi connectivity index (χ0) is 24.2. The zero-order valence-corrected chi connectivity index (χ0v) is 19.9. The number of likely N-dealkylation sites (tertiary alicyclic amines) is 1. The molecule has 1 aromatic heterocycles. The molecule has 0 radical (unpaired) electrons. The van der Waals surface area contributed by atoms with Gasteiger partial charge < -0.3 is 19.9 Å². The van der Waals surface area contributed by atoms with Crippen LogP contribution in [0.2, 0.25) is 0 Å². The molecule has 1 fully saturated rings. The van der Waals surface area contributed by atoms with Crippen molar-refractivity contribution in [3.63, 3.8) is 0 Å². The predicted molar refractivity (Wildman–Crippen MR) is 125 cm³/mol. The Morgan fingerprint density at radius 2 is 1.88 bits per heavy atom. The minimum absolute atomic E-state index is 0.0384. The van der Waals surface area contributed by atoms with Crippen LogP contribution in [0.4, 0.5) is 4.79 Å². The van der Waals surface area contributed by atoms with Crippen LogP contribution in [0.25, 0.3) is 11.3 Å². The number of amides is 2. The standard InChI is InChI=1S/C23H27N5O4S/c1-23(2,3)32-22(31)25-16-9-11-28(12-10-16)20(30)15-7-5-14(6-8-15)18-17(13-24)19(29)27-21(26-18)33-4/h5-8,16H,9-12H2,1-4H3,(H,25,31)(H,26,27,29). The maximum atomic E-state index is 12.9. The Kier molecular flexibility index (Phi) is 7.43. The second kappa shape index (κ2) is 10.1. The van der Waals surface area contributed by atoms with E-state index in [9.17, 15) is 19.6 Å². The fourth-order valence-corrected chi connectivity index (χ4v) is 3.89. The van der Waals surface area contributed by atoms with Crippen LogP contribution >= 0.6 is 11.8 Å². The Morgan fingerprint density at radius 3 is 2.42 bits per heavy atom. The summed E-state index contributed by atoms with van der Waals surface area (Å²) in [4.78, 5) is 45.7. The lowest BCUT2D eigenvalue weighted by molar-refractivity contribution is 0.0473. The van der Waals surface area contributed by atoms with Gasteiger partial charge in [-0.25, -0.2) is 9.78 Å². The molecule has 2 amide bonds. The molecular weight excluding hydrogens is 442 g/mol. The molecule has 2 N–H and O–H groups in total. The average molecular weight is 470 g/mol. The number of aromatic nitrogens is 2. The molecule has 1 aliphatic heterocycles. The molecule has 0 atom stereocenters. The molecule has 1 aliphatic rings. The summed E-state index contributed by atoms with van der Waals surface area (Å²) in [6.07, 6.45) is 2.62. The summed E-state index contributed by atoms with van der Waals surface area (Å²) in [5.41, 5.74) is 0.274. The Bertz CT molecular complexity index is 1120. The number of H-pyrrole nitrogens is 1. The third-order valence-electron chi connectivity index (χ3n) is 5.11. The van der Waals surface area contributed by atoms with E-state index in [1.165, 1.54) is 11.8 Å². The van der Waals surface area contributed by atoms with Gasteiger partial charge in [-0.15, -0.1) is 0 Å². The largest absolute Gasteiger partial charge is 0.444 e. The fourth-order valence-electron chi connectivity index (χ4n) is 3.52. The topological polar surface area (TPSA) is 128 Å². The maximum Gasteiger partial charge on any atom is 0.407 e. The smallest absolute Gasteiger partial charge is 0.407 e. The van der Waals surface area contributed by atoms with E-state index in [1.807, 2.05) is 26.8 Å². The number of nitrogens with one attached hydrogen (secondary N) is 2. The number of benzene rings is 1. The predicted octanol–water partition coefficient (Wildman–Crippen LogP) is 3.16. The first kappa shape index (κ1) is 24.3. The summed E-state index contributed by atoms with van der Waals surface area (Å²) in [6, 6.07) is 8.59. The molecule has 0 bridgehead atoms. The van der Waals surface area contributed by atoms with E-state index >= 15 is 0 Å². The number of ether oxygens (including phenoxy) is 1. The molecule has 1 saturated heterocycles. The van der Waals surface area contributed by atoms with Gasteiger partial charge in [0.1, 0.15) is 17.2 Å². The second-order valence-electron chi connectivity index (χ2n) is 8.70. The van der Waals surface area contributed by atoms with E-state index in [2.05, 4.69) is 15.3 Å². The van der Waals surface area contributed by atoms with Crippen molar-refractivity contribution >= 4 is 23.8 Å². The van der Waals surface area contributed by atoms with Crippen LogP contribution in [0.3, 0.4) is 0 Å². The van der Waals surface area contributed by atoms with Gasteiger partial charge in [-0.2, -0.15) is 5.26 Å². The highest BCUT2D eigenvalue weighted by Gasteiger charge is 2.26. The summed E-state index contributed by atoms with van der Waals surface area (Å²) in [6.45, 7) is 6.48. The van der Waals surface area contributed by atoms with E-state index < -0.39 is 17.3 Å². The van der Waals surface area contributed by atoms with Crippen molar-refractivity contribution in [2.45, 2.75) is 50.4 Å². The lowest BCUT2D eigenvalue weighted by atomic mass is 10.0. The number of carbonyl (C=O) groups is 2. The summed E-state index contributed by atoms with van der Waals surface area (Å²) in [5, 5.41) is 12.6. The zero-order valence-electron chi connectivity index (χ0n) is 19.1. The Labute approximate surface area is 196 Å². The number of hydrogen-bond acceptors (Lipinski definition) is 7. The van der Waals surface area contributed by atoms with Crippen LogP contribution in [0.15, 0.2) is 34.2 Å². The van der Waals surface area contributed by atoms with Crippen LogP contribution in [-0.2, 0) is 4.74 Å². The monoisotopic (exact) mass is 469 g/mol. The number of piperidine rings is 1. The van der Waals surface area contributed by atoms with Gasteiger partial charge in [-0.05, 0) is 52.0 Å². The fraction of sp³-hybridized carbons (Fsp3) is 0.435. The van der Waals surface area contributed by atoms with Crippen LogP contribution in [-0.4, -0.2) is 57.9 Å². The molecule has 2 heterocycles. The van der Waals surface area contributed by atoms with Gasteiger partial charge in [0.25, 0.3) is 11.5 Å². The van der Waals surface area contributed by atoms with Crippen molar-refractivity contribution in [1.82, 2.24) is 20.2 Å².